The van der Waals surface area contributed by atoms with Crippen LogP contribution in [0.15, 0.2) is 0 Å². The molecule has 1 heterocycles. The fourth-order valence-electron chi connectivity index (χ4n) is 3.35. The Hall–Kier alpha value is -1.06. The van der Waals surface area contributed by atoms with Gasteiger partial charge in [0.25, 0.3) is 0 Å². The number of carbonyl (C=O) groups excluding carboxylic acids is 2. The van der Waals surface area contributed by atoms with Crippen LogP contribution in [0.1, 0.15) is 47.5 Å². The summed E-state index contributed by atoms with van der Waals surface area (Å²) in [4.78, 5) is 24.2. The Balaban J connectivity index is 2.98. The van der Waals surface area contributed by atoms with Gasteiger partial charge in [0.1, 0.15) is 0 Å². The second-order valence-electron chi connectivity index (χ2n) is 5.87. The van der Waals surface area contributed by atoms with Crippen molar-refractivity contribution in [3.05, 3.63) is 0 Å². The van der Waals surface area contributed by atoms with E-state index in [1.54, 1.807) is 6.92 Å². The van der Waals surface area contributed by atoms with Crippen LogP contribution in [-0.4, -0.2) is 34.3 Å². The van der Waals surface area contributed by atoms with Crippen molar-refractivity contribution in [3.8, 4) is 0 Å². The van der Waals surface area contributed by atoms with Gasteiger partial charge in [-0.15, -0.1) is 0 Å². The van der Waals surface area contributed by atoms with Crippen molar-refractivity contribution < 1.29 is 9.59 Å². The topological polar surface area (TPSA) is 49.4 Å². The van der Waals surface area contributed by atoms with Gasteiger partial charge in [-0.1, -0.05) is 0 Å². The SMILES string of the molecule is CC(=O)N1C(C)(C)CC(NC=O)CC1(C)C. The molecule has 0 saturated carbocycles. The molecular formula is C12H22N2O2. The Morgan fingerprint density at radius 3 is 2.00 bits per heavy atom. The number of hydrogen-bond acceptors (Lipinski definition) is 2. The smallest absolute Gasteiger partial charge is 0.220 e. The molecule has 4 nitrogen and oxygen atoms in total. The van der Waals surface area contributed by atoms with Crippen molar-refractivity contribution in [3.63, 3.8) is 0 Å². The summed E-state index contributed by atoms with van der Waals surface area (Å²) in [5, 5.41) is 2.84. The van der Waals surface area contributed by atoms with Gasteiger partial charge >= 0.3 is 0 Å². The molecule has 0 aromatic carbocycles. The third kappa shape index (κ3) is 2.36. The van der Waals surface area contributed by atoms with E-state index >= 15 is 0 Å². The lowest BCUT2D eigenvalue weighted by molar-refractivity contribution is -0.147. The van der Waals surface area contributed by atoms with Gasteiger partial charge in [-0.25, -0.2) is 0 Å². The van der Waals surface area contributed by atoms with E-state index in [-0.39, 0.29) is 23.0 Å². The summed E-state index contributed by atoms with van der Waals surface area (Å²) in [6.45, 7) is 9.81. The standard InChI is InChI=1S/C12H22N2O2/c1-9(16)14-11(2,3)6-10(13-8-15)7-12(14,4)5/h8,10H,6-7H2,1-5H3,(H,13,15). The monoisotopic (exact) mass is 226 g/mol. The molecule has 1 saturated heterocycles. The van der Waals surface area contributed by atoms with Gasteiger partial charge in [-0.2, -0.15) is 0 Å². The van der Waals surface area contributed by atoms with E-state index in [9.17, 15) is 9.59 Å². The van der Waals surface area contributed by atoms with Gasteiger partial charge in [-0.05, 0) is 40.5 Å². The zero-order valence-electron chi connectivity index (χ0n) is 10.8. The summed E-state index contributed by atoms with van der Waals surface area (Å²) in [5.74, 6) is 0.0968. The van der Waals surface area contributed by atoms with Crippen LogP contribution in [0.2, 0.25) is 0 Å². The second kappa shape index (κ2) is 4.07. The van der Waals surface area contributed by atoms with Crippen molar-refractivity contribution in [1.29, 1.82) is 0 Å². The van der Waals surface area contributed by atoms with Gasteiger partial charge in [0.15, 0.2) is 0 Å². The molecule has 1 aliphatic heterocycles. The molecule has 1 fully saturated rings. The molecule has 0 aromatic heterocycles. The van der Waals surface area contributed by atoms with Crippen molar-refractivity contribution in [2.45, 2.75) is 64.6 Å². The highest BCUT2D eigenvalue weighted by molar-refractivity contribution is 5.75. The molecule has 0 radical (unpaired) electrons. The Kier molecular flexibility index (Phi) is 3.31. The van der Waals surface area contributed by atoms with Crippen LogP contribution in [0.25, 0.3) is 0 Å². The lowest BCUT2D eigenvalue weighted by Crippen LogP contribution is -2.65. The molecule has 0 spiro atoms. The third-order valence-electron chi connectivity index (χ3n) is 3.32. The molecule has 0 unspecified atom stereocenters. The molecule has 16 heavy (non-hydrogen) atoms. The minimum Gasteiger partial charge on any atom is -0.356 e. The highest BCUT2D eigenvalue weighted by Gasteiger charge is 2.46. The minimum atomic E-state index is -0.214. The first-order chi connectivity index (χ1) is 7.20. The third-order valence-corrected chi connectivity index (χ3v) is 3.32. The zero-order valence-corrected chi connectivity index (χ0v) is 10.8. The first-order valence-corrected chi connectivity index (χ1v) is 5.71. The first kappa shape index (κ1) is 13.0. The van der Waals surface area contributed by atoms with Gasteiger partial charge in [0.2, 0.25) is 12.3 Å². The molecule has 4 heteroatoms. The Labute approximate surface area is 97.4 Å². The molecular weight excluding hydrogens is 204 g/mol. The average Bonchev–Trinajstić information content (AvgIpc) is 1.96. The summed E-state index contributed by atoms with van der Waals surface area (Å²) in [6.07, 6.45) is 2.35. The fraction of sp³-hybridized carbons (Fsp3) is 0.833. The van der Waals surface area contributed by atoms with Crippen molar-refractivity contribution >= 4 is 12.3 Å². The predicted octanol–water partition coefficient (Wildman–Crippen LogP) is 1.30. The largest absolute Gasteiger partial charge is 0.356 e. The lowest BCUT2D eigenvalue weighted by Gasteiger charge is -2.54. The Morgan fingerprint density at radius 2 is 1.69 bits per heavy atom. The number of rotatable bonds is 2. The van der Waals surface area contributed by atoms with E-state index in [4.69, 9.17) is 0 Å². The molecule has 1 aliphatic rings. The van der Waals surface area contributed by atoms with Gasteiger partial charge < -0.3 is 10.2 Å². The van der Waals surface area contributed by atoms with Crippen LogP contribution in [0, 0.1) is 0 Å². The van der Waals surface area contributed by atoms with Crippen LogP contribution in [0.4, 0.5) is 0 Å². The van der Waals surface area contributed by atoms with Crippen molar-refractivity contribution in [1.82, 2.24) is 10.2 Å². The zero-order chi connectivity index (χ0) is 12.6. The molecule has 92 valence electrons. The van der Waals surface area contributed by atoms with Crippen molar-refractivity contribution in [2.24, 2.45) is 0 Å². The van der Waals surface area contributed by atoms with E-state index < -0.39 is 0 Å². The summed E-state index contributed by atoms with van der Waals surface area (Å²) in [6, 6.07) is 0.151. The average molecular weight is 226 g/mol. The number of hydrogen-bond donors (Lipinski definition) is 1. The van der Waals surface area contributed by atoms with Gasteiger partial charge in [0, 0.05) is 24.0 Å². The number of nitrogens with zero attached hydrogens (tertiary/aromatic N) is 1. The maximum absolute atomic E-state index is 11.7. The Bertz CT molecular complexity index is 279. The maximum atomic E-state index is 11.7. The number of nitrogens with one attached hydrogen (secondary N) is 1. The molecule has 0 aromatic rings. The number of carbonyl (C=O) groups is 2. The quantitative estimate of drug-likeness (QED) is 0.721. The highest BCUT2D eigenvalue weighted by Crippen LogP contribution is 2.38. The number of likely N-dealkylation sites (tertiary alicyclic amines) is 1. The highest BCUT2D eigenvalue weighted by atomic mass is 16.2. The molecule has 0 atom stereocenters. The fourth-order valence-corrected chi connectivity index (χ4v) is 3.35. The molecule has 1 N–H and O–H groups in total. The summed E-state index contributed by atoms with van der Waals surface area (Å²) in [5.41, 5.74) is -0.428. The molecule has 2 amide bonds. The van der Waals surface area contributed by atoms with Crippen molar-refractivity contribution in [2.75, 3.05) is 0 Å². The van der Waals surface area contributed by atoms with E-state index in [0.717, 1.165) is 19.3 Å². The van der Waals surface area contributed by atoms with E-state index in [1.807, 2.05) is 4.90 Å². The van der Waals surface area contributed by atoms with Crippen LogP contribution >= 0.6 is 0 Å². The van der Waals surface area contributed by atoms with Crippen LogP contribution in [0.5, 0.6) is 0 Å². The molecule has 0 aliphatic carbocycles. The number of amides is 2. The lowest BCUT2D eigenvalue weighted by atomic mass is 9.77. The summed E-state index contributed by atoms with van der Waals surface area (Å²) >= 11 is 0. The van der Waals surface area contributed by atoms with Crippen LogP contribution < -0.4 is 5.32 Å². The first-order valence-electron chi connectivity index (χ1n) is 5.71. The van der Waals surface area contributed by atoms with Crippen LogP contribution in [0.3, 0.4) is 0 Å². The normalized spacial score (nSPS) is 23.9. The van der Waals surface area contributed by atoms with E-state index in [0.29, 0.717) is 0 Å². The summed E-state index contributed by atoms with van der Waals surface area (Å²) < 4.78 is 0. The Morgan fingerprint density at radius 1 is 1.25 bits per heavy atom. The van der Waals surface area contributed by atoms with Gasteiger partial charge in [-0.3, -0.25) is 9.59 Å². The van der Waals surface area contributed by atoms with Crippen LogP contribution in [-0.2, 0) is 9.59 Å². The van der Waals surface area contributed by atoms with E-state index in [2.05, 4.69) is 33.0 Å². The second-order valence-corrected chi connectivity index (χ2v) is 5.87. The van der Waals surface area contributed by atoms with E-state index in [1.165, 1.54) is 0 Å². The minimum absolute atomic E-state index is 0.0968. The predicted molar refractivity (Wildman–Crippen MR) is 62.9 cm³/mol. The molecule has 0 bridgehead atoms. The number of piperidine rings is 1. The maximum Gasteiger partial charge on any atom is 0.220 e. The van der Waals surface area contributed by atoms with Gasteiger partial charge in [0.05, 0.1) is 0 Å². The summed E-state index contributed by atoms with van der Waals surface area (Å²) in [7, 11) is 0. The molecule has 1 rings (SSSR count).